The number of hydrogen-bond acceptors (Lipinski definition) is 4. The molecule has 1 atom stereocenters. The molecule has 1 aliphatic carbocycles. The molecular weight excluding hydrogens is 410 g/mol. The fourth-order valence-electron chi connectivity index (χ4n) is 4.99. The number of benzene rings is 3. The first-order chi connectivity index (χ1) is 16.2. The molecule has 1 unspecified atom stereocenters. The van der Waals surface area contributed by atoms with Crippen molar-refractivity contribution in [2.75, 3.05) is 11.9 Å². The lowest BCUT2D eigenvalue weighted by Crippen LogP contribution is -2.20. The van der Waals surface area contributed by atoms with E-state index in [0.717, 1.165) is 56.5 Å². The van der Waals surface area contributed by atoms with E-state index < -0.39 is 0 Å². The van der Waals surface area contributed by atoms with Crippen LogP contribution in [0.1, 0.15) is 45.6 Å². The lowest BCUT2D eigenvalue weighted by molar-refractivity contribution is 0.103. The quantitative estimate of drug-likeness (QED) is 0.446. The largest absolute Gasteiger partial charge is 0.494 e. The molecule has 0 radical (unpaired) electrons. The minimum atomic E-state index is -0.218. The molecule has 0 bridgehead atoms. The van der Waals surface area contributed by atoms with E-state index in [2.05, 4.69) is 17.4 Å². The molecule has 3 aromatic carbocycles. The number of carbonyl (C=O) groups is 1. The maximum Gasteiger partial charge on any atom is 0.192 e. The van der Waals surface area contributed by atoms with Gasteiger partial charge in [-0.3, -0.25) is 4.79 Å². The molecule has 5 heteroatoms. The number of ether oxygens (including phenoxy) is 1. The van der Waals surface area contributed by atoms with E-state index >= 15 is 0 Å². The van der Waals surface area contributed by atoms with Crippen LogP contribution in [0.15, 0.2) is 84.4 Å². The van der Waals surface area contributed by atoms with Crippen LogP contribution in [-0.2, 0) is 0 Å². The number of fused-ring (bicyclic) bond motifs is 3. The summed E-state index contributed by atoms with van der Waals surface area (Å²) in [6.07, 6.45) is 0. The van der Waals surface area contributed by atoms with Crippen molar-refractivity contribution >= 4 is 17.3 Å². The van der Waals surface area contributed by atoms with Gasteiger partial charge in [-0.05, 0) is 43.7 Å². The number of anilines is 1. The van der Waals surface area contributed by atoms with Gasteiger partial charge >= 0.3 is 0 Å². The van der Waals surface area contributed by atoms with Gasteiger partial charge in [0.25, 0.3) is 0 Å². The van der Waals surface area contributed by atoms with Crippen molar-refractivity contribution in [3.8, 4) is 11.4 Å². The highest BCUT2D eigenvalue weighted by molar-refractivity contribution is 6.24. The second kappa shape index (κ2) is 7.48. The van der Waals surface area contributed by atoms with Gasteiger partial charge in [-0.25, -0.2) is 4.68 Å². The fourth-order valence-corrected chi connectivity index (χ4v) is 4.99. The number of para-hydroxylation sites is 1. The van der Waals surface area contributed by atoms with Crippen LogP contribution in [0, 0.1) is 6.92 Å². The minimum Gasteiger partial charge on any atom is -0.494 e. The molecule has 0 spiro atoms. The number of carbonyl (C=O) groups excluding carboxylic acids is 1. The Morgan fingerprint density at radius 1 is 0.939 bits per heavy atom. The zero-order valence-corrected chi connectivity index (χ0v) is 18.5. The minimum absolute atomic E-state index is 0.0736. The molecule has 6 rings (SSSR count). The van der Waals surface area contributed by atoms with E-state index in [1.165, 1.54) is 0 Å². The number of Topliss-reactive ketones (excluding diaryl/α,β-unsaturated/α-hetero) is 1. The lowest BCUT2D eigenvalue weighted by atomic mass is 9.81. The van der Waals surface area contributed by atoms with Gasteiger partial charge < -0.3 is 10.1 Å². The number of aromatic nitrogens is 2. The maximum atomic E-state index is 13.6. The third kappa shape index (κ3) is 2.93. The number of hydrogen-bond donors (Lipinski definition) is 1. The number of rotatable bonds is 4. The normalized spacial score (nSPS) is 16.2. The van der Waals surface area contributed by atoms with Gasteiger partial charge in [0.05, 0.1) is 23.7 Å². The van der Waals surface area contributed by atoms with Gasteiger partial charge in [-0.2, -0.15) is 5.10 Å². The number of allylic oxidation sites excluding steroid dienone is 1. The molecule has 0 amide bonds. The number of nitrogens with zero attached hydrogens (tertiary/aromatic N) is 2. The summed E-state index contributed by atoms with van der Waals surface area (Å²) >= 11 is 0. The van der Waals surface area contributed by atoms with Crippen molar-refractivity contribution in [3.63, 3.8) is 0 Å². The monoisotopic (exact) mass is 433 g/mol. The predicted molar refractivity (Wildman–Crippen MR) is 129 cm³/mol. The van der Waals surface area contributed by atoms with Crippen LogP contribution in [0.4, 0.5) is 5.82 Å². The van der Waals surface area contributed by atoms with E-state index in [1.54, 1.807) is 0 Å². The highest BCUT2D eigenvalue weighted by atomic mass is 16.5. The van der Waals surface area contributed by atoms with Crippen molar-refractivity contribution < 1.29 is 9.53 Å². The Morgan fingerprint density at radius 2 is 1.64 bits per heavy atom. The highest BCUT2D eigenvalue weighted by Crippen LogP contribution is 2.50. The van der Waals surface area contributed by atoms with Crippen molar-refractivity contribution in [3.05, 3.63) is 112 Å². The van der Waals surface area contributed by atoms with Crippen LogP contribution in [-0.4, -0.2) is 22.2 Å². The summed E-state index contributed by atoms with van der Waals surface area (Å²) in [7, 11) is 0. The van der Waals surface area contributed by atoms with Crippen LogP contribution in [0.2, 0.25) is 0 Å². The number of aryl methyl sites for hydroxylation is 1. The molecule has 0 saturated carbocycles. The average Bonchev–Trinajstić information content (AvgIpc) is 3.34. The van der Waals surface area contributed by atoms with E-state index in [4.69, 9.17) is 9.84 Å². The SMILES string of the molecule is CCOc1ccc(C2C3=C(Nc4c2c(C)nn4-c2ccccc2)c2ccccc2C3=O)cc1. The Hall–Kier alpha value is -4.12. The van der Waals surface area contributed by atoms with Crippen LogP contribution >= 0.6 is 0 Å². The molecule has 2 heterocycles. The first kappa shape index (κ1) is 19.6. The summed E-state index contributed by atoms with van der Waals surface area (Å²) in [6.45, 7) is 4.60. The van der Waals surface area contributed by atoms with Crippen LogP contribution in [0.5, 0.6) is 5.75 Å². The standard InChI is InChI=1S/C28H23N3O2/c1-3-33-20-15-13-18(14-16-20)24-23-17(2)30-31(19-9-5-4-6-10-19)28(23)29-26-21-11-7-8-12-22(21)27(32)25(24)26/h4-16,24,29H,3H2,1-2H3. The summed E-state index contributed by atoms with van der Waals surface area (Å²) in [5.41, 5.74) is 7.29. The van der Waals surface area contributed by atoms with E-state index in [9.17, 15) is 4.79 Å². The third-order valence-corrected chi connectivity index (χ3v) is 6.41. The van der Waals surface area contributed by atoms with Gasteiger partial charge in [0.1, 0.15) is 11.6 Å². The summed E-state index contributed by atoms with van der Waals surface area (Å²) in [5.74, 6) is 1.58. The highest BCUT2D eigenvalue weighted by Gasteiger charge is 2.42. The maximum absolute atomic E-state index is 13.6. The van der Waals surface area contributed by atoms with Crippen molar-refractivity contribution in [1.29, 1.82) is 0 Å². The first-order valence-electron chi connectivity index (χ1n) is 11.2. The molecule has 162 valence electrons. The molecule has 0 saturated heterocycles. The van der Waals surface area contributed by atoms with Gasteiger partial charge in [-0.1, -0.05) is 54.6 Å². The second-order valence-corrected chi connectivity index (χ2v) is 8.32. The van der Waals surface area contributed by atoms with E-state index in [0.29, 0.717) is 6.61 Å². The Labute approximate surface area is 192 Å². The van der Waals surface area contributed by atoms with E-state index in [1.807, 2.05) is 85.3 Å². The Bertz CT molecular complexity index is 1420. The summed E-state index contributed by atoms with van der Waals surface area (Å²) < 4.78 is 7.60. The third-order valence-electron chi connectivity index (χ3n) is 6.41. The summed E-state index contributed by atoms with van der Waals surface area (Å²) in [6, 6.07) is 26.0. The molecule has 33 heavy (non-hydrogen) atoms. The van der Waals surface area contributed by atoms with Crippen LogP contribution < -0.4 is 10.1 Å². The van der Waals surface area contributed by atoms with E-state index in [-0.39, 0.29) is 11.7 Å². The first-order valence-corrected chi connectivity index (χ1v) is 11.2. The Kier molecular flexibility index (Phi) is 4.44. The van der Waals surface area contributed by atoms with Gasteiger partial charge in [0.2, 0.25) is 0 Å². The molecule has 4 aromatic rings. The predicted octanol–water partition coefficient (Wildman–Crippen LogP) is 5.74. The summed E-state index contributed by atoms with van der Waals surface area (Å²) in [5, 5.41) is 8.48. The Balaban J connectivity index is 1.59. The smallest absolute Gasteiger partial charge is 0.192 e. The molecular formula is C28H23N3O2. The second-order valence-electron chi connectivity index (χ2n) is 8.32. The Morgan fingerprint density at radius 3 is 2.36 bits per heavy atom. The molecule has 5 nitrogen and oxygen atoms in total. The molecule has 1 aliphatic heterocycles. The fraction of sp³-hybridized carbons (Fsp3) is 0.143. The van der Waals surface area contributed by atoms with Crippen LogP contribution in [0.25, 0.3) is 11.4 Å². The lowest BCUT2D eigenvalue weighted by Gasteiger charge is -2.27. The zero-order chi connectivity index (χ0) is 22.5. The number of nitrogens with one attached hydrogen (secondary N) is 1. The number of ketones is 1. The van der Waals surface area contributed by atoms with Gasteiger partial charge in [0.15, 0.2) is 5.78 Å². The van der Waals surface area contributed by atoms with Gasteiger partial charge in [0, 0.05) is 28.2 Å². The summed E-state index contributed by atoms with van der Waals surface area (Å²) in [4.78, 5) is 13.6. The molecule has 1 aromatic heterocycles. The molecule has 1 N–H and O–H groups in total. The molecule has 2 aliphatic rings. The average molecular weight is 434 g/mol. The topological polar surface area (TPSA) is 56.1 Å². The molecule has 0 fully saturated rings. The van der Waals surface area contributed by atoms with Crippen molar-refractivity contribution in [2.45, 2.75) is 19.8 Å². The van der Waals surface area contributed by atoms with Crippen LogP contribution in [0.3, 0.4) is 0 Å². The van der Waals surface area contributed by atoms with Gasteiger partial charge in [-0.15, -0.1) is 0 Å². The zero-order valence-electron chi connectivity index (χ0n) is 18.5. The van der Waals surface area contributed by atoms with Crippen molar-refractivity contribution in [2.24, 2.45) is 0 Å². The van der Waals surface area contributed by atoms with Crippen molar-refractivity contribution in [1.82, 2.24) is 9.78 Å².